The van der Waals surface area contributed by atoms with E-state index >= 15 is 0 Å². The van der Waals surface area contributed by atoms with Crippen LogP contribution in [0.4, 0.5) is 8.78 Å². The van der Waals surface area contributed by atoms with Crippen molar-refractivity contribution in [1.29, 1.82) is 0 Å². The molecule has 1 rings (SSSR count). The summed E-state index contributed by atoms with van der Waals surface area (Å²) in [5, 5.41) is 0. The van der Waals surface area contributed by atoms with Gasteiger partial charge < -0.3 is 9.47 Å². The number of carbonyl (C=O) groups excluding carboxylic acids is 1. The predicted octanol–water partition coefficient (Wildman–Crippen LogP) is 2.97. The second-order valence-electron chi connectivity index (χ2n) is 3.93. The number of alkyl halides is 2. The number of halogens is 2. The van der Waals surface area contributed by atoms with E-state index in [4.69, 9.17) is 4.74 Å². The van der Waals surface area contributed by atoms with Crippen LogP contribution in [0, 0.1) is 13.8 Å². The van der Waals surface area contributed by atoms with Crippen molar-refractivity contribution >= 4 is 5.97 Å². The first kappa shape index (κ1) is 14.4. The van der Waals surface area contributed by atoms with E-state index in [1.54, 1.807) is 6.92 Å². The molecule has 0 radical (unpaired) electrons. The second kappa shape index (κ2) is 5.33. The number of hydrogen-bond acceptors (Lipinski definition) is 3. The zero-order valence-corrected chi connectivity index (χ0v) is 10.8. The average molecular weight is 258 g/mol. The number of ether oxygens (including phenoxy) is 2. The summed E-state index contributed by atoms with van der Waals surface area (Å²) in [6, 6.07) is 2.74. The normalized spacial score (nSPS) is 11.2. The van der Waals surface area contributed by atoms with E-state index in [-0.39, 0.29) is 17.7 Å². The Balaban J connectivity index is 3.24. The fourth-order valence-corrected chi connectivity index (χ4v) is 1.68. The van der Waals surface area contributed by atoms with Gasteiger partial charge in [0.25, 0.3) is 0 Å². The summed E-state index contributed by atoms with van der Waals surface area (Å²) in [5.74, 6) is -4.66. The smallest absolute Gasteiger partial charge is 0.381 e. The Bertz CT molecular complexity index is 456. The van der Waals surface area contributed by atoms with Crippen LogP contribution in [0.1, 0.15) is 23.6 Å². The molecule has 0 saturated heterocycles. The molecule has 0 aliphatic heterocycles. The third-order valence-electron chi connectivity index (χ3n) is 2.61. The molecule has 1 aromatic carbocycles. The molecule has 0 unspecified atom stereocenters. The van der Waals surface area contributed by atoms with E-state index in [0.717, 1.165) is 0 Å². The van der Waals surface area contributed by atoms with E-state index < -0.39 is 11.9 Å². The van der Waals surface area contributed by atoms with Gasteiger partial charge in [0, 0.05) is 5.56 Å². The fraction of sp³-hybridized carbons (Fsp3) is 0.462. The van der Waals surface area contributed by atoms with Gasteiger partial charge in [0.1, 0.15) is 5.75 Å². The van der Waals surface area contributed by atoms with Crippen molar-refractivity contribution in [3.05, 3.63) is 28.8 Å². The minimum absolute atomic E-state index is 0.0807. The lowest BCUT2D eigenvalue weighted by Crippen LogP contribution is -2.29. The lowest BCUT2D eigenvalue weighted by Gasteiger charge is -2.18. The summed E-state index contributed by atoms with van der Waals surface area (Å²) >= 11 is 0. The molecule has 0 N–H and O–H groups in total. The molecule has 1 aromatic rings. The number of hydrogen-bond donors (Lipinski definition) is 0. The van der Waals surface area contributed by atoms with Crippen molar-refractivity contribution in [3.63, 3.8) is 0 Å². The number of esters is 1. The van der Waals surface area contributed by atoms with Crippen LogP contribution in [-0.4, -0.2) is 19.7 Å². The summed E-state index contributed by atoms with van der Waals surface area (Å²) in [6.45, 7) is 4.55. The van der Waals surface area contributed by atoms with E-state index in [1.165, 1.54) is 33.1 Å². The molecule has 0 fully saturated rings. The van der Waals surface area contributed by atoms with Gasteiger partial charge in [0.05, 0.1) is 13.7 Å². The minimum atomic E-state index is -3.64. The Labute approximate surface area is 105 Å². The molecule has 0 atom stereocenters. The van der Waals surface area contributed by atoms with Gasteiger partial charge in [-0.1, -0.05) is 0 Å². The van der Waals surface area contributed by atoms with Gasteiger partial charge in [-0.3, -0.25) is 0 Å². The first-order chi connectivity index (χ1) is 8.34. The molecule has 0 aromatic heterocycles. The van der Waals surface area contributed by atoms with Crippen LogP contribution in [0.15, 0.2) is 12.1 Å². The SMILES string of the molecule is CCOC(=O)C(F)(F)c1cc(C)c(OC)cc1C. The first-order valence-electron chi connectivity index (χ1n) is 5.55. The van der Waals surface area contributed by atoms with Gasteiger partial charge >= 0.3 is 11.9 Å². The van der Waals surface area contributed by atoms with Gasteiger partial charge in [0.2, 0.25) is 0 Å². The summed E-state index contributed by atoms with van der Waals surface area (Å²) in [6.07, 6.45) is 0. The summed E-state index contributed by atoms with van der Waals surface area (Å²) in [4.78, 5) is 11.3. The summed E-state index contributed by atoms with van der Waals surface area (Å²) < 4.78 is 37.2. The molecule has 0 amide bonds. The molecule has 0 spiro atoms. The average Bonchev–Trinajstić information content (AvgIpc) is 2.31. The van der Waals surface area contributed by atoms with Crippen LogP contribution < -0.4 is 4.74 Å². The van der Waals surface area contributed by atoms with Crippen molar-refractivity contribution in [2.45, 2.75) is 26.7 Å². The predicted molar refractivity (Wildman–Crippen MR) is 63.0 cm³/mol. The lowest BCUT2D eigenvalue weighted by atomic mass is 9.99. The Morgan fingerprint density at radius 2 is 1.89 bits per heavy atom. The summed E-state index contributed by atoms with van der Waals surface area (Å²) in [5.41, 5.74) is 0.483. The van der Waals surface area contributed by atoms with Gasteiger partial charge in [-0.05, 0) is 44.0 Å². The molecule has 100 valence electrons. The molecule has 0 saturated carbocycles. The zero-order chi connectivity index (χ0) is 13.9. The van der Waals surface area contributed by atoms with E-state index in [2.05, 4.69) is 4.74 Å². The first-order valence-corrected chi connectivity index (χ1v) is 5.55. The Kier molecular flexibility index (Phi) is 4.27. The van der Waals surface area contributed by atoms with Crippen molar-refractivity contribution in [2.75, 3.05) is 13.7 Å². The maximum Gasteiger partial charge on any atom is 0.381 e. The highest BCUT2D eigenvalue weighted by molar-refractivity contribution is 5.80. The maximum absolute atomic E-state index is 13.9. The third kappa shape index (κ3) is 2.60. The van der Waals surface area contributed by atoms with Crippen LogP contribution in [0.2, 0.25) is 0 Å². The minimum Gasteiger partial charge on any atom is -0.496 e. The highest BCUT2D eigenvalue weighted by Gasteiger charge is 2.44. The van der Waals surface area contributed by atoms with Crippen molar-refractivity contribution in [3.8, 4) is 5.75 Å². The van der Waals surface area contributed by atoms with Gasteiger partial charge in [-0.2, -0.15) is 8.78 Å². The number of carbonyl (C=O) groups is 1. The molecule has 0 heterocycles. The highest BCUT2D eigenvalue weighted by atomic mass is 19.3. The lowest BCUT2D eigenvalue weighted by molar-refractivity contribution is -0.173. The Morgan fingerprint density at radius 3 is 2.39 bits per heavy atom. The molecule has 3 nitrogen and oxygen atoms in total. The highest BCUT2D eigenvalue weighted by Crippen LogP contribution is 2.35. The van der Waals surface area contributed by atoms with Gasteiger partial charge in [0.15, 0.2) is 0 Å². The number of aryl methyl sites for hydroxylation is 2. The number of methoxy groups -OCH3 is 1. The van der Waals surface area contributed by atoms with Crippen LogP contribution in [0.3, 0.4) is 0 Å². The van der Waals surface area contributed by atoms with E-state index in [1.807, 2.05) is 0 Å². The van der Waals surface area contributed by atoms with Crippen LogP contribution in [0.5, 0.6) is 5.75 Å². The van der Waals surface area contributed by atoms with Crippen LogP contribution in [0.25, 0.3) is 0 Å². The van der Waals surface area contributed by atoms with Gasteiger partial charge in [-0.15, -0.1) is 0 Å². The van der Waals surface area contributed by atoms with E-state index in [0.29, 0.717) is 11.3 Å². The molecule has 0 bridgehead atoms. The summed E-state index contributed by atoms with van der Waals surface area (Å²) in [7, 11) is 1.46. The topological polar surface area (TPSA) is 35.5 Å². The molecule has 18 heavy (non-hydrogen) atoms. The molecule has 5 heteroatoms. The number of benzene rings is 1. The number of rotatable bonds is 4. The molecular weight excluding hydrogens is 242 g/mol. The third-order valence-corrected chi connectivity index (χ3v) is 2.61. The maximum atomic E-state index is 13.9. The van der Waals surface area contributed by atoms with Crippen molar-refractivity contribution in [1.82, 2.24) is 0 Å². The largest absolute Gasteiger partial charge is 0.496 e. The van der Waals surface area contributed by atoms with Gasteiger partial charge in [-0.25, -0.2) is 4.79 Å². The quantitative estimate of drug-likeness (QED) is 0.779. The second-order valence-corrected chi connectivity index (χ2v) is 3.93. The Morgan fingerprint density at radius 1 is 1.28 bits per heavy atom. The van der Waals surface area contributed by atoms with E-state index in [9.17, 15) is 13.6 Å². The van der Waals surface area contributed by atoms with Crippen molar-refractivity contribution < 1.29 is 23.0 Å². The molecule has 0 aliphatic rings. The van der Waals surface area contributed by atoms with Crippen molar-refractivity contribution in [2.24, 2.45) is 0 Å². The monoisotopic (exact) mass is 258 g/mol. The van der Waals surface area contributed by atoms with Crippen LogP contribution in [-0.2, 0) is 15.5 Å². The standard InChI is InChI=1S/C13H16F2O3/c1-5-18-12(16)13(14,15)10-6-9(3)11(17-4)7-8(10)2/h6-7H,5H2,1-4H3. The fourth-order valence-electron chi connectivity index (χ4n) is 1.68. The Hall–Kier alpha value is -1.65. The zero-order valence-electron chi connectivity index (χ0n) is 10.8. The molecule has 0 aliphatic carbocycles. The van der Waals surface area contributed by atoms with Crippen LogP contribution >= 0.6 is 0 Å². The molecular formula is C13H16F2O3.